The van der Waals surface area contributed by atoms with Crippen LogP contribution in [-0.2, 0) is 0 Å². The van der Waals surface area contributed by atoms with E-state index >= 15 is 0 Å². The smallest absolute Gasteiger partial charge is 0.0512 e. The molecule has 0 aliphatic heterocycles. The highest BCUT2D eigenvalue weighted by Crippen LogP contribution is 1.99. The summed E-state index contributed by atoms with van der Waals surface area (Å²) < 4.78 is 0. The second-order valence-electron chi connectivity index (χ2n) is 4.69. The van der Waals surface area contributed by atoms with Gasteiger partial charge in [0.15, 0.2) is 0 Å². The highest BCUT2D eigenvalue weighted by molar-refractivity contribution is 4.57. The SMILES string of the molecule is CC(C)CN(CN(C)C)CN(C)C. The summed E-state index contributed by atoms with van der Waals surface area (Å²) in [5, 5.41) is 0. The fourth-order valence-electron chi connectivity index (χ4n) is 1.48. The van der Waals surface area contributed by atoms with Gasteiger partial charge < -0.3 is 0 Å². The van der Waals surface area contributed by atoms with Crippen molar-refractivity contribution in [2.75, 3.05) is 48.1 Å². The van der Waals surface area contributed by atoms with Crippen LogP contribution in [0.5, 0.6) is 0 Å². The van der Waals surface area contributed by atoms with E-state index in [0.717, 1.165) is 25.8 Å². The maximum absolute atomic E-state index is 2.45. The van der Waals surface area contributed by atoms with Gasteiger partial charge in [-0.25, -0.2) is 0 Å². The van der Waals surface area contributed by atoms with Crippen LogP contribution in [0.25, 0.3) is 0 Å². The third kappa shape index (κ3) is 8.22. The summed E-state index contributed by atoms with van der Waals surface area (Å²) in [4.78, 5) is 6.88. The van der Waals surface area contributed by atoms with Crippen LogP contribution in [0.4, 0.5) is 0 Å². The van der Waals surface area contributed by atoms with E-state index in [1.54, 1.807) is 0 Å². The summed E-state index contributed by atoms with van der Waals surface area (Å²) in [7, 11) is 8.46. The van der Waals surface area contributed by atoms with Crippen molar-refractivity contribution < 1.29 is 0 Å². The Morgan fingerprint density at radius 3 is 1.46 bits per heavy atom. The molecule has 0 heterocycles. The Hall–Kier alpha value is -0.120. The second kappa shape index (κ2) is 6.35. The van der Waals surface area contributed by atoms with Crippen LogP contribution in [0.3, 0.4) is 0 Å². The Morgan fingerprint density at radius 2 is 1.23 bits per heavy atom. The topological polar surface area (TPSA) is 9.72 Å². The third-order valence-electron chi connectivity index (χ3n) is 1.59. The van der Waals surface area contributed by atoms with E-state index in [1.807, 2.05) is 0 Å². The van der Waals surface area contributed by atoms with Gasteiger partial charge in [0.1, 0.15) is 0 Å². The molecule has 0 atom stereocenters. The van der Waals surface area contributed by atoms with Crippen molar-refractivity contribution in [3.63, 3.8) is 0 Å². The predicted octanol–water partition coefficient (Wildman–Crippen LogP) is 0.983. The molecule has 0 fully saturated rings. The van der Waals surface area contributed by atoms with Crippen molar-refractivity contribution in [1.82, 2.24) is 14.7 Å². The average molecular weight is 187 g/mol. The third-order valence-corrected chi connectivity index (χ3v) is 1.59. The minimum Gasteiger partial charge on any atom is -0.297 e. The maximum Gasteiger partial charge on any atom is 0.0512 e. The first-order valence-corrected chi connectivity index (χ1v) is 4.93. The predicted molar refractivity (Wildman–Crippen MR) is 58.7 cm³/mol. The summed E-state index contributed by atoms with van der Waals surface area (Å²) >= 11 is 0. The van der Waals surface area contributed by atoms with Gasteiger partial charge in [0.25, 0.3) is 0 Å². The summed E-state index contributed by atoms with van der Waals surface area (Å²) in [6.45, 7) is 7.76. The molecule has 0 N–H and O–H groups in total. The van der Waals surface area contributed by atoms with Crippen molar-refractivity contribution >= 4 is 0 Å². The van der Waals surface area contributed by atoms with E-state index in [-0.39, 0.29) is 0 Å². The zero-order valence-corrected chi connectivity index (χ0v) is 10.0. The van der Waals surface area contributed by atoms with E-state index in [1.165, 1.54) is 0 Å². The van der Waals surface area contributed by atoms with Gasteiger partial charge >= 0.3 is 0 Å². The Kier molecular flexibility index (Phi) is 6.29. The van der Waals surface area contributed by atoms with Gasteiger partial charge in [-0.2, -0.15) is 0 Å². The Morgan fingerprint density at radius 1 is 0.846 bits per heavy atom. The van der Waals surface area contributed by atoms with Crippen molar-refractivity contribution in [1.29, 1.82) is 0 Å². The van der Waals surface area contributed by atoms with Crippen LogP contribution in [0.15, 0.2) is 0 Å². The Labute approximate surface area is 83.3 Å². The molecule has 0 unspecified atom stereocenters. The zero-order chi connectivity index (χ0) is 10.4. The molecule has 0 rings (SSSR count). The van der Waals surface area contributed by atoms with Gasteiger partial charge in [-0.15, -0.1) is 0 Å². The van der Waals surface area contributed by atoms with E-state index in [4.69, 9.17) is 0 Å². The lowest BCUT2D eigenvalue weighted by Crippen LogP contribution is -2.41. The minimum absolute atomic E-state index is 0.736. The number of hydrogen-bond acceptors (Lipinski definition) is 3. The molecule has 0 spiro atoms. The minimum atomic E-state index is 0.736. The van der Waals surface area contributed by atoms with Gasteiger partial charge in [-0.3, -0.25) is 14.7 Å². The summed E-state index contributed by atoms with van der Waals surface area (Å²) in [6.07, 6.45) is 0. The first-order chi connectivity index (χ1) is 5.91. The fourth-order valence-corrected chi connectivity index (χ4v) is 1.48. The van der Waals surface area contributed by atoms with Crippen molar-refractivity contribution in [2.24, 2.45) is 5.92 Å². The summed E-state index contributed by atoms with van der Waals surface area (Å²) in [5.41, 5.74) is 0. The second-order valence-corrected chi connectivity index (χ2v) is 4.69. The first kappa shape index (κ1) is 12.9. The van der Waals surface area contributed by atoms with Crippen molar-refractivity contribution in [3.8, 4) is 0 Å². The lowest BCUT2D eigenvalue weighted by Gasteiger charge is -2.29. The monoisotopic (exact) mass is 187 g/mol. The molecule has 0 aromatic carbocycles. The van der Waals surface area contributed by atoms with Crippen LogP contribution in [0.1, 0.15) is 13.8 Å². The summed E-state index contributed by atoms with van der Waals surface area (Å²) in [6, 6.07) is 0. The molecule has 0 radical (unpaired) electrons. The van der Waals surface area contributed by atoms with E-state index in [9.17, 15) is 0 Å². The molecule has 0 amide bonds. The zero-order valence-electron chi connectivity index (χ0n) is 10.0. The van der Waals surface area contributed by atoms with Crippen molar-refractivity contribution in [3.05, 3.63) is 0 Å². The molecule has 80 valence electrons. The normalized spacial score (nSPS) is 12.5. The lowest BCUT2D eigenvalue weighted by molar-refractivity contribution is 0.106. The first-order valence-electron chi connectivity index (χ1n) is 4.93. The molecule has 13 heavy (non-hydrogen) atoms. The Bertz CT molecular complexity index is 97.6. The number of nitrogens with zero attached hydrogens (tertiary/aromatic N) is 3. The molecule has 0 saturated carbocycles. The van der Waals surface area contributed by atoms with Crippen LogP contribution in [0.2, 0.25) is 0 Å². The average Bonchev–Trinajstić information content (AvgIpc) is 1.80. The molecule has 3 nitrogen and oxygen atoms in total. The highest BCUT2D eigenvalue weighted by atomic mass is 15.4. The molecule has 0 saturated heterocycles. The molecule has 0 aliphatic rings. The quantitative estimate of drug-likeness (QED) is 0.574. The van der Waals surface area contributed by atoms with Gasteiger partial charge in [0.05, 0.1) is 13.3 Å². The van der Waals surface area contributed by atoms with Crippen LogP contribution in [0, 0.1) is 5.92 Å². The molecule has 0 bridgehead atoms. The number of hydrogen-bond donors (Lipinski definition) is 0. The van der Waals surface area contributed by atoms with Crippen molar-refractivity contribution in [2.45, 2.75) is 13.8 Å². The lowest BCUT2D eigenvalue weighted by atomic mass is 10.2. The van der Waals surface area contributed by atoms with Gasteiger partial charge in [-0.05, 0) is 34.1 Å². The van der Waals surface area contributed by atoms with Crippen LogP contribution >= 0.6 is 0 Å². The van der Waals surface area contributed by atoms with Crippen LogP contribution < -0.4 is 0 Å². The van der Waals surface area contributed by atoms with E-state index in [0.29, 0.717) is 0 Å². The molecule has 0 aromatic rings. The van der Waals surface area contributed by atoms with Crippen LogP contribution in [-0.4, -0.2) is 62.8 Å². The number of rotatable bonds is 6. The molecule has 0 aromatic heterocycles. The fraction of sp³-hybridized carbons (Fsp3) is 1.00. The van der Waals surface area contributed by atoms with E-state index < -0.39 is 0 Å². The molecular formula is C10H25N3. The Balaban J connectivity index is 3.87. The molecular weight excluding hydrogens is 162 g/mol. The summed E-state index contributed by atoms with van der Waals surface area (Å²) in [5.74, 6) is 0.736. The van der Waals surface area contributed by atoms with Gasteiger partial charge in [0, 0.05) is 6.54 Å². The molecule has 3 heteroatoms. The van der Waals surface area contributed by atoms with E-state index in [2.05, 4.69) is 56.7 Å². The highest BCUT2D eigenvalue weighted by Gasteiger charge is 2.08. The van der Waals surface area contributed by atoms with Gasteiger partial charge in [-0.1, -0.05) is 13.8 Å². The molecule has 0 aliphatic carbocycles. The largest absolute Gasteiger partial charge is 0.297 e. The standard InChI is InChI=1S/C10H25N3/c1-10(2)7-13(8-11(3)4)9-12(5)6/h10H,7-9H2,1-6H3. The van der Waals surface area contributed by atoms with Gasteiger partial charge in [0.2, 0.25) is 0 Å². The maximum atomic E-state index is 2.45.